The van der Waals surface area contributed by atoms with Crippen LogP contribution in [0, 0.1) is 19.3 Å². The van der Waals surface area contributed by atoms with Crippen LogP contribution in [0.3, 0.4) is 0 Å². The van der Waals surface area contributed by atoms with Gasteiger partial charge in [-0.3, -0.25) is 9.48 Å². The zero-order valence-corrected chi connectivity index (χ0v) is 12.4. The summed E-state index contributed by atoms with van der Waals surface area (Å²) in [7, 11) is 0. The molecule has 0 bridgehead atoms. The first-order valence-electron chi connectivity index (χ1n) is 6.91. The van der Waals surface area contributed by atoms with E-state index < -0.39 is 0 Å². The van der Waals surface area contributed by atoms with E-state index in [1.54, 1.807) is 0 Å². The second-order valence-electron chi connectivity index (χ2n) is 6.07. The van der Waals surface area contributed by atoms with Gasteiger partial charge in [0.2, 0.25) is 0 Å². The van der Waals surface area contributed by atoms with Gasteiger partial charge < -0.3 is 0 Å². The number of carbonyl (C=O) groups excluding carboxylic acids is 1. The molecule has 18 heavy (non-hydrogen) atoms. The Kier molecular flexibility index (Phi) is 3.12. The van der Waals surface area contributed by atoms with E-state index in [1.165, 1.54) is 11.3 Å². The Morgan fingerprint density at radius 2 is 2.06 bits per heavy atom. The zero-order chi connectivity index (χ0) is 13.7. The van der Waals surface area contributed by atoms with Crippen LogP contribution in [-0.2, 0) is 4.79 Å². The van der Waals surface area contributed by atoms with Gasteiger partial charge in [0.1, 0.15) is 5.78 Å². The van der Waals surface area contributed by atoms with Crippen molar-refractivity contribution in [3.05, 3.63) is 17.0 Å². The number of aromatic nitrogens is 2. The maximum Gasteiger partial charge on any atom is 0.140 e. The highest BCUT2D eigenvalue weighted by atomic mass is 16.1. The van der Waals surface area contributed by atoms with E-state index in [1.807, 2.05) is 0 Å². The molecule has 2 rings (SSSR count). The molecule has 1 aromatic rings. The Balaban J connectivity index is 2.44. The minimum atomic E-state index is -0.166. The van der Waals surface area contributed by atoms with Gasteiger partial charge >= 0.3 is 0 Å². The van der Waals surface area contributed by atoms with Crippen LogP contribution in [0.4, 0.5) is 0 Å². The zero-order valence-electron chi connectivity index (χ0n) is 12.4. The number of hydrogen-bond donors (Lipinski definition) is 0. The summed E-state index contributed by atoms with van der Waals surface area (Å²) >= 11 is 0. The highest BCUT2D eigenvalue weighted by Gasteiger charge is 2.51. The molecule has 2 unspecified atom stereocenters. The minimum Gasteiger partial charge on any atom is -0.299 e. The fraction of sp³-hybridized carbons (Fsp3) is 0.733. The molecule has 3 nitrogen and oxygen atoms in total. The number of nitrogens with zero attached hydrogens (tertiary/aromatic N) is 2. The van der Waals surface area contributed by atoms with Crippen LogP contribution in [0.15, 0.2) is 0 Å². The topological polar surface area (TPSA) is 34.9 Å². The van der Waals surface area contributed by atoms with Gasteiger partial charge in [-0.2, -0.15) is 5.10 Å². The Morgan fingerprint density at radius 1 is 1.44 bits per heavy atom. The fourth-order valence-electron chi connectivity index (χ4n) is 3.25. The molecule has 0 saturated heterocycles. The van der Waals surface area contributed by atoms with E-state index in [4.69, 9.17) is 0 Å². The van der Waals surface area contributed by atoms with Crippen molar-refractivity contribution >= 4 is 5.78 Å². The molecule has 3 heteroatoms. The van der Waals surface area contributed by atoms with E-state index in [0.717, 1.165) is 12.1 Å². The predicted octanol–water partition coefficient (Wildman–Crippen LogP) is 3.55. The summed E-state index contributed by atoms with van der Waals surface area (Å²) in [5, 5.41) is 4.64. The molecule has 1 fully saturated rings. The van der Waals surface area contributed by atoms with Gasteiger partial charge in [-0.15, -0.1) is 0 Å². The van der Waals surface area contributed by atoms with Crippen molar-refractivity contribution in [2.75, 3.05) is 0 Å². The number of hydrogen-bond acceptors (Lipinski definition) is 2. The molecule has 100 valence electrons. The summed E-state index contributed by atoms with van der Waals surface area (Å²) < 4.78 is 2.09. The number of Topliss-reactive ketones (excluding diaryl/α,β-unsaturated/α-hetero) is 1. The summed E-state index contributed by atoms with van der Waals surface area (Å²) in [6, 6.07) is 0.376. The van der Waals surface area contributed by atoms with Crippen LogP contribution in [0.2, 0.25) is 0 Å². The van der Waals surface area contributed by atoms with Crippen LogP contribution in [0.5, 0.6) is 0 Å². The van der Waals surface area contributed by atoms with Crippen molar-refractivity contribution in [1.29, 1.82) is 0 Å². The van der Waals surface area contributed by atoms with Crippen molar-refractivity contribution in [1.82, 2.24) is 9.78 Å². The second kappa shape index (κ2) is 4.22. The summed E-state index contributed by atoms with van der Waals surface area (Å²) in [6.07, 6.45) is 1.61. The van der Waals surface area contributed by atoms with Gasteiger partial charge in [0.05, 0.1) is 5.69 Å². The van der Waals surface area contributed by atoms with E-state index in [-0.39, 0.29) is 5.41 Å². The molecule has 0 aliphatic heterocycles. The quantitative estimate of drug-likeness (QED) is 0.820. The summed E-state index contributed by atoms with van der Waals surface area (Å²) in [5.41, 5.74) is 3.48. The van der Waals surface area contributed by atoms with Crippen LogP contribution in [0.25, 0.3) is 0 Å². The maximum absolute atomic E-state index is 11.9. The van der Waals surface area contributed by atoms with E-state index in [0.29, 0.717) is 24.2 Å². The van der Waals surface area contributed by atoms with Gasteiger partial charge in [-0.1, -0.05) is 13.8 Å². The lowest BCUT2D eigenvalue weighted by molar-refractivity contribution is -0.139. The van der Waals surface area contributed by atoms with Crippen LogP contribution in [-0.4, -0.2) is 15.6 Å². The van der Waals surface area contributed by atoms with Crippen molar-refractivity contribution in [3.63, 3.8) is 0 Å². The molecule has 1 saturated carbocycles. The second-order valence-corrected chi connectivity index (χ2v) is 6.07. The lowest BCUT2D eigenvalue weighted by atomic mass is 9.56. The highest BCUT2D eigenvalue weighted by molar-refractivity contribution is 5.93. The SMILES string of the molecule is CCC1(C)C(=O)CC1c1c(C)nn(C(C)C)c1C. The number of aryl methyl sites for hydroxylation is 1. The smallest absolute Gasteiger partial charge is 0.140 e. The van der Waals surface area contributed by atoms with Gasteiger partial charge in [-0.05, 0) is 34.1 Å². The molecule has 0 aromatic carbocycles. The Morgan fingerprint density at radius 3 is 2.44 bits per heavy atom. The van der Waals surface area contributed by atoms with Gasteiger partial charge in [-0.25, -0.2) is 0 Å². The van der Waals surface area contributed by atoms with Crippen LogP contribution < -0.4 is 0 Å². The third-order valence-electron chi connectivity index (χ3n) is 4.75. The highest BCUT2D eigenvalue weighted by Crippen LogP contribution is 2.53. The van der Waals surface area contributed by atoms with Crippen LogP contribution >= 0.6 is 0 Å². The Labute approximate surface area is 110 Å². The van der Waals surface area contributed by atoms with E-state index in [2.05, 4.69) is 51.3 Å². The predicted molar refractivity (Wildman–Crippen MR) is 72.8 cm³/mol. The molecule has 1 heterocycles. The van der Waals surface area contributed by atoms with Gasteiger partial charge in [0, 0.05) is 35.1 Å². The van der Waals surface area contributed by atoms with E-state index >= 15 is 0 Å². The first kappa shape index (κ1) is 13.3. The first-order chi connectivity index (χ1) is 8.32. The molecular formula is C15H24N2O. The molecule has 0 amide bonds. The number of rotatable bonds is 3. The average molecular weight is 248 g/mol. The van der Waals surface area contributed by atoms with Crippen molar-refractivity contribution < 1.29 is 4.79 Å². The monoisotopic (exact) mass is 248 g/mol. The molecule has 1 aliphatic carbocycles. The molecule has 1 aliphatic rings. The van der Waals surface area contributed by atoms with Crippen LogP contribution in [0.1, 0.15) is 69.4 Å². The Hall–Kier alpha value is -1.12. The minimum absolute atomic E-state index is 0.166. The molecule has 0 radical (unpaired) electrons. The van der Waals surface area contributed by atoms with Crippen molar-refractivity contribution in [3.8, 4) is 0 Å². The Bertz CT molecular complexity index is 487. The maximum atomic E-state index is 11.9. The summed E-state index contributed by atoms with van der Waals surface area (Å²) in [5.74, 6) is 0.772. The first-order valence-corrected chi connectivity index (χ1v) is 6.91. The fourth-order valence-corrected chi connectivity index (χ4v) is 3.25. The third kappa shape index (κ3) is 1.63. The lowest BCUT2D eigenvalue weighted by Crippen LogP contribution is -2.45. The average Bonchev–Trinajstić information content (AvgIpc) is 2.61. The van der Waals surface area contributed by atoms with E-state index in [9.17, 15) is 4.79 Å². The molecule has 0 N–H and O–H groups in total. The summed E-state index contributed by atoms with van der Waals surface area (Å²) in [6.45, 7) is 12.7. The molecule has 2 atom stereocenters. The molecule has 1 aromatic heterocycles. The largest absolute Gasteiger partial charge is 0.299 e. The number of carbonyl (C=O) groups is 1. The van der Waals surface area contributed by atoms with Gasteiger partial charge in [0.25, 0.3) is 0 Å². The molecular weight excluding hydrogens is 224 g/mol. The standard InChI is InChI=1S/C15H24N2O/c1-7-15(6)12(8-13(15)18)14-10(4)16-17(9(2)3)11(14)5/h9,12H,7-8H2,1-6H3. The lowest BCUT2D eigenvalue weighted by Gasteiger charge is -2.45. The number of ketones is 1. The third-order valence-corrected chi connectivity index (χ3v) is 4.75. The van der Waals surface area contributed by atoms with Gasteiger partial charge in [0.15, 0.2) is 0 Å². The van der Waals surface area contributed by atoms with Crippen molar-refractivity contribution in [2.24, 2.45) is 5.41 Å². The normalized spacial score (nSPS) is 27.7. The summed E-state index contributed by atoms with van der Waals surface area (Å²) in [4.78, 5) is 11.9. The van der Waals surface area contributed by atoms with Crippen molar-refractivity contribution in [2.45, 2.75) is 66.3 Å². The molecule has 0 spiro atoms.